The van der Waals surface area contributed by atoms with Crippen molar-refractivity contribution in [3.63, 3.8) is 0 Å². The number of nitrogens with zero attached hydrogens (tertiary/aromatic N) is 2. The molecule has 0 N–H and O–H groups in total. The van der Waals surface area contributed by atoms with Crippen molar-refractivity contribution in [1.82, 2.24) is 4.90 Å². The van der Waals surface area contributed by atoms with Gasteiger partial charge >= 0.3 is 0 Å². The van der Waals surface area contributed by atoms with Crippen LogP contribution in [0.3, 0.4) is 0 Å². The van der Waals surface area contributed by atoms with Gasteiger partial charge in [0.05, 0.1) is 6.26 Å². The largest absolute Gasteiger partial charge is 0.464 e. The first kappa shape index (κ1) is 16.9. The van der Waals surface area contributed by atoms with Crippen LogP contribution < -0.4 is 4.90 Å². The summed E-state index contributed by atoms with van der Waals surface area (Å²) in [6.45, 7) is 5.78. The maximum absolute atomic E-state index is 5.66. The Bertz CT molecular complexity index is 954. The average molecular weight is 361 g/mol. The third-order valence-corrected chi connectivity index (χ3v) is 6.63. The second-order valence-corrected chi connectivity index (χ2v) is 8.25. The van der Waals surface area contributed by atoms with Crippen LogP contribution in [0.5, 0.6) is 0 Å². The molecular formula is C24H28N2O. The SMILES string of the molecule is CC1c2cc(N3CCCCC3)ccc2C(c2ccc3ccoc3c2)CN1C. The van der Waals surface area contributed by atoms with Crippen LogP contribution in [0.25, 0.3) is 11.0 Å². The molecule has 0 spiro atoms. The molecule has 2 unspecified atom stereocenters. The molecule has 2 aliphatic rings. The van der Waals surface area contributed by atoms with Crippen LogP contribution in [0.4, 0.5) is 5.69 Å². The van der Waals surface area contributed by atoms with E-state index in [4.69, 9.17) is 4.42 Å². The topological polar surface area (TPSA) is 19.6 Å². The fourth-order valence-corrected chi connectivity index (χ4v) is 4.85. The van der Waals surface area contributed by atoms with E-state index in [-0.39, 0.29) is 0 Å². The summed E-state index contributed by atoms with van der Waals surface area (Å²) in [6, 6.07) is 16.4. The number of hydrogen-bond acceptors (Lipinski definition) is 3. The first-order valence-corrected chi connectivity index (χ1v) is 10.3. The number of rotatable bonds is 2. The highest BCUT2D eigenvalue weighted by molar-refractivity contribution is 5.78. The van der Waals surface area contributed by atoms with E-state index in [1.807, 2.05) is 6.07 Å². The average Bonchev–Trinajstić information content (AvgIpc) is 3.19. The molecule has 3 nitrogen and oxygen atoms in total. The van der Waals surface area contributed by atoms with Crippen LogP contribution in [-0.4, -0.2) is 31.6 Å². The van der Waals surface area contributed by atoms with E-state index in [1.165, 1.54) is 60.1 Å². The maximum Gasteiger partial charge on any atom is 0.134 e. The molecule has 3 heterocycles. The predicted octanol–water partition coefficient (Wildman–Crippen LogP) is 5.56. The summed E-state index contributed by atoms with van der Waals surface area (Å²) in [4.78, 5) is 5.05. The van der Waals surface area contributed by atoms with Crippen LogP contribution in [0.15, 0.2) is 53.1 Å². The van der Waals surface area contributed by atoms with Gasteiger partial charge in [-0.15, -0.1) is 0 Å². The van der Waals surface area contributed by atoms with Gasteiger partial charge in [0.25, 0.3) is 0 Å². The predicted molar refractivity (Wildman–Crippen MR) is 112 cm³/mol. The Morgan fingerprint density at radius 1 is 0.926 bits per heavy atom. The molecule has 2 atom stereocenters. The standard InChI is InChI=1S/C24H28N2O/c1-17-22-15-20(26-11-4-3-5-12-26)8-9-21(22)23(16-25(17)2)19-7-6-18-10-13-27-24(18)14-19/h6-10,13-15,17,23H,3-5,11-12,16H2,1-2H3. The number of fused-ring (bicyclic) bond motifs is 2. The monoisotopic (exact) mass is 360 g/mol. The molecule has 3 heteroatoms. The summed E-state index contributed by atoms with van der Waals surface area (Å²) in [5.74, 6) is 0.395. The van der Waals surface area contributed by atoms with E-state index < -0.39 is 0 Å². The van der Waals surface area contributed by atoms with E-state index in [0.29, 0.717) is 12.0 Å². The highest BCUT2D eigenvalue weighted by Crippen LogP contribution is 2.41. The first-order chi connectivity index (χ1) is 13.2. The lowest BCUT2D eigenvalue weighted by molar-refractivity contribution is 0.234. The Morgan fingerprint density at radius 3 is 2.63 bits per heavy atom. The summed E-state index contributed by atoms with van der Waals surface area (Å²) in [5.41, 5.74) is 6.70. The zero-order chi connectivity index (χ0) is 18.4. The summed E-state index contributed by atoms with van der Waals surface area (Å²) in [7, 11) is 2.25. The molecule has 0 saturated carbocycles. The Hall–Kier alpha value is -2.26. The van der Waals surface area contributed by atoms with Crippen molar-refractivity contribution in [3.05, 3.63) is 65.4 Å². The summed E-state index contributed by atoms with van der Waals surface area (Å²) >= 11 is 0. The second-order valence-electron chi connectivity index (χ2n) is 8.25. The lowest BCUT2D eigenvalue weighted by atomic mass is 9.81. The van der Waals surface area contributed by atoms with E-state index in [0.717, 1.165) is 12.1 Å². The van der Waals surface area contributed by atoms with Crippen LogP contribution in [0.2, 0.25) is 0 Å². The molecule has 2 aliphatic heterocycles. The Balaban J connectivity index is 1.56. The van der Waals surface area contributed by atoms with E-state index >= 15 is 0 Å². The quantitative estimate of drug-likeness (QED) is 0.596. The van der Waals surface area contributed by atoms with Crippen LogP contribution in [-0.2, 0) is 0 Å². The third kappa shape index (κ3) is 2.94. The summed E-state index contributed by atoms with van der Waals surface area (Å²) < 4.78 is 5.66. The molecule has 1 fully saturated rings. The van der Waals surface area contributed by atoms with Crippen molar-refractivity contribution in [3.8, 4) is 0 Å². The van der Waals surface area contributed by atoms with Gasteiger partial charge in [-0.25, -0.2) is 0 Å². The molecule has 1 saturated heterocycles. The number of likely N-dealkylation sites (N-methyl/N-ethyl adjacent to an activating group) is 1. The Labute approximate surface area is 161 Å². The van der Waals surface area contributed by atoms with Crippen LogP contribution in [0.1, 0.15) is 54.8 Å². The minimum Gasteiger partial charge on any atom is -0.464 e. The fraction of sp³-hybridized carbons (Fsp3) is 0.417. The highest BCUT2D eigenvalue weighted by atomic mass is 16.3. The van der Waals surface area contributed by atoms with Gasteiger partial charge in [0.1, 0.15) is 5.58 Å². The van der Waals surface area contributed by atoms with E-state index in [1.54, 1.807) is 6.26 Å². The molecule has 140 valence electrons. The van der Waals surface area contributed by atoms with Gasteiger partial charge in [-0.2, -0.15) is 0 Å². The fourth-order valence-electron chi connectivity index (χ4n) is 4.85. The molecule has 0 radical (unpaired) electrons. The van der Waals surface area contributed by atoms with Gasteiger partial charge in [-0.05, 0) is 74.2 Å². The molecule has 27 heavy (non-hydrogen) atoms. The molecule has 0 bridgehead atoms. The molecule has 5 rings (SSSR count). The zero-order valence-electron chi connectivity index (χ0n) is 16.3. The third-order valence-electron chi connectivity index (χ3n) is 6.63. The Morgan fingerprint density at radius 2 is 1.78 bits per heavy atom. The van der Waals surface area contributed by atoms with Crippen molar-refractivity contribution >= 4 is 16.7 Å². The van der Waals surface area contributed by atoms with E-state index in [2.05, 4.69) is 60.2 Å². The normalized spacial score (nSPS) is 23.6. The molecule has 0 aliphatic carbocycles. The maximum atomic E-state index is 5.66. The van der Waals surface area contributed by atoms with Crippen molar-refractivity contribution in [2.45, 2.75) is 38.1 Å². The second kappa shape index (κ2) is 6.72. The zero-order valence-corrected chi connectivity index (χ0v) is 16.3. The number of benzene rings is 2. The molecule has 0 amide bonds. The van der Waals surface area contributed by atoms with Crippen molar-refractivity contribution < 1.29 is 4.42 Å². The van der Waals surface area contributed by atoms with Crippen molar-refractivity contribution in [2.75, 3.05) is 31.6 Å². The lowest BCUT2D eigenvalue weighted by Gasteiger charge is -2.39. The van der Waals surface area contributed by atoms with E-state index in [9.17, 15) is 0 Å². The number of piperidine rings is 1. The molecular weight excluding hydrogens is 332 g/mol. The summed E-state index contributed by atoms with van der Waals surface area (Å²) in [5, 5.41) is 1.18. The minimum absolute atomic E-state index is 0.395. The first-order valence-electron chi connectivity index (χ1n) is 10.3. The van der Waals surface area contributed by atoms with Crippen LogP contribution in [0, 0.1) is 0 Å². The molecule has 3 aromatic rings. The summed E-state index contributed by atoms with van der Waals surface area (Å²) in [6.07, 6.45) is 5.79. The van der Waals surface area contributed by atoms with Gasteiger partial charge in [-0.1, -0.05) is 18.2 Å². The lowest BCUT2D eigenvalue weighted by Crippen LogP contribution is -2.35. The van der Waals surface area contributed by atoms with Gasteiger partial charge in [0.2, 0.25) is 0 Å². The highest BCUT2D eigenvalue weighted by Gasteiger charge is 2.30. The van der Waals surface area contributed by atoms with Gasteiger partial charge in [0, 0.05) is 42.7 Å². The number of hydrogen-bond donors (Lipinski definition) is 0. The molecule has 2 aromatic carbocycles. The van der Waals surface area contributed by atoms with Gasteiger partial charge in [-0.3, -0.25) is 4.90 Å². The van der Waals surface area contributed by atoms with Crippen LogP contribution >= 0.6 is 0 Å². The number of furan rings is 1. The smallest absolute Gasteiger partial charge is 0.134 e. The number of anilines is 1. The van der Waals surface area contributed by atoms with Gasteiger partial charge in [0.15, 0.2) is 0 Å². The van der Waals surface area contributed by atoms with Crippen molar-refractivity contribution in [2.24, 2.45) is 0 Å². The van der Waals surface area contributed by atoms with Crippen molar-refractivity contribution in [1.29, 1.82) is 0 Å². The minimum atomic E-state index is 0.395. The Kier molecular flexibility index (Phi) is 4.20. The van der Waals surface area contributed by atoms with Gasteiger partial charge < -0.3 is 9.32 Å². The molecule has 1 aromatic heterocycles.